The molecule has 2 heterocycles. The molecule has 0 radical (unpaired) electrons. The van der Waals surface area contributed by atoms with Crippen LogP contribution in [0.1, 0.15) is 27.8 Å². The van der Waals surface area contributed by atoms with Gasteiger partial charge in [0, 0.05) is 24.7 Å². The molecule has 2 aromatic rings. The Kier molecular flexibility index (Phi) is 4.72. The van der Waals surface area contributed by atoms with Crippen molar-refractivity contribution >= 4 is 11.5 Å². The van der Waals surface area contributed by atoms with Crippen molar-refractivity contribution in [3.05, 3.63) is 82.1 Å². The Morgan fingerprint density at radius 3 is 2.58 bits per heavy atom. The first-order valence-electron chi connectivity index (χ1n) is 10.6. The van der Waals surface area contributed by atoms with Gasteiger partial charge in [0.2, 0.25) is 11.9 Å². The second-order valence-corrected chi connectivity index (χ2v) is 8.64. The van der Waals surface area contributed by atoms with E-state index in [4.69, 9.17) is 9.57 Å². The molecule has 0 amide bonds. The molecule has 5 rings (SSSR count). The van der Waals surface area contributed by atoms with Gasteiger partial charge >= 0.3 is 0 Å². The van der Waals surface area contributed by atoms with Gasteiger partial charge in [-0.3, -0.25) is 4.79 Å². The van der Waals surface area contributed by atoms with Crippen molar-refractivity contribution in [2.75, 3.05) is 13.2 Å². The molecule has 31 heavy (non-hydrogen) atoms. The quantitative estimate of drug-likeness (QED) is 0.830. The van der Waals surface area contributed by atoms with Gasteiger partial charge in [0.05, 0.1) is 12.3 Å². The molecule has 1 aliphatic carbocycles. The summed E-state index contributed by atoms with van der Waals surface area (Å²) in [4.78, 5) is 21.0. The van der Waals surface area contributed by atoms with Crippen molar-refractivity contribution in [1.82, 2.24) is 4.90 Å². The van der Waals surface area contributed by atoms with Crippen LogP contribution in [0.25, 0.3) is 0 Å². The van der Waals surface area contributed by atoms with E-state index in [9.17, 15) is 9.90 Å². The predicted molar refractivity (Wildman–Crippen MR) is 116 cm³/mol. The summed E-state index contributed by atoms with van der Waals surface area (Å²) in [6, 6.07) is 14.1. The van der Waals surface area contributed by atoms with Gasteiger partial charge in [0.15, 0.2) is 5.78 Å². The van der Waals surface area contributed by atoms with E-state index in [1.54, 1.807) is 0 Å². The van der Waals surface area contributed by atoms with E-state index in [0.717, 1.165) is 27.8 Å². The minimum atomic E-state index is -1.72. The lowest BCUT2D eigenvalue weighted by molar-refractivity contribution is -0.271. The van der Waals surface area contributed by atoms with Crippen LogP contribution < -0.4 is 0 Å². The number of carbonyl (C=O) groups is 1. The minimum absolute atomic E-state index is 0.121. The number of allylic oxidation sites excluding steroid dienone is 1. The summed E-state index contributed by atoms with van der Waals surface area (Å²) in [5.41, 5.74) is 6.23. The number of benzene rings is 2. The van der Waals surface area contributed by atoms with E-state index in [0.29, 0.717) is 31.1 Å². The third kappa shape index (κ3) is 3.18. The highest BCUT2D eigenvalue weighted by molar-refractivity contribution is 6.19. The molecule has 1 fully saturated rings. The number of nitrogens with zero attached hydrogens (tertiary/aromatic N) is 2. The van der Waals surface area contributed by atoms with Crippen molar-refractivity contribution in [1.29, 1.82) is 0 Å². The van der Waals surface area contributed by atoms with Crippen molar-refractivity contribution in [3.8, 4) is 0 Å². The molecule has 3 aliphatic rings. The lowest BCUT2D eigenvalue weighted by Gasteiger charge is -2.47. The Morgan fingerprint density at radius 2 is 1.87 bits per heavy atom. The van der Waals surface area contributed by atoms with E-state index < -0.39 is 17.8 Å². The average Bonchev–Trinajstić information content (AvgIpc) is 3.16. The zero-order valence-electron chi connectivity index (χ0n) is 18.0. The Balaban J connectivity index is 1.52. The third-order valence-corrected chi connectivity index (χ3v) is 6.37. The number of rotatable bonds is 3. The van der Waals surface area contributed by atoms with E-state index in [2.05, 4.69) is 17.3 Å². The summed E-state index contributed by atoms with van der Waals surface area (Å²) in [5, 5.41) is 15.9. The third-order valence-electron chi connectivity index (χ3n) is 6.37. The molecule has 2 aromatic carbocycles. The van der Waals surface area contributed by atoms with Crippen molar-refractivity contribution < 1.29 is 19.5 Å². The average molecular weight is 418 g/mol. The Hall–Kier alpha value is -2.96. The maximum atomic E-state index is 13.3. The first-order chi connectivity index (χ1) is 14.9. The molecule has 0 unspecified atom stereocenters. The predicted octanol–water partition coefficient (Wildman–Crippen LogP) is 3.02. The molecule has 6 nitrogen and oxygen atoms in total. The van der Waals surface area contributed by atoms with Gasteiger partial charge in [-0.05, 0) is 37.5 Å². The highest BCUT2D eigenvalue weighted by Crippen LogP contribution is 2.44. The van der Waals surface area contributed by atoms with E-state index in [1.165, 1.54) is 6.08 Å². The van der Waals surface area contributed by atoms with Crippen LogP contribution in [0.15, 0.2) is 59.4 Å². The van der Waals surface area contributed by atoms with Crippen LogP contribution in [0.3, 0.4) is 0 Å². The largest absolute Gasteiger partial charge is 0.385 e. The monoisotopic (exact) mass is 418 g/mol. The number of morpholine rings is 1. The van der Waals surface area contributed by atoms with Crippen LogP contribution in [0.4, 0.5) is 0 Å². The maximum Gasteiger partial charge on any atom is 0.250 e. The molecule has 3 atom stereocenters. The van der Waals surface area contributed by atoms with Crippen molar-refractivity contribution in [2.24, 2.45) is 11.1 Å². The first-order valence-corrected chi connectivity index (χ1v) is 10.6. The second kappa shape index (κ2) is 7.32. The highest BCUT2D eigenvalue weighted by atomic mass is 16.7. The van der Waals surface area contributed by atoms with E-state index in [-0.39, 0.29) is 5.78 Å². The number of hydrogen-bond donors (Lipinski definition) is 1. The zero-order chi connectivity index (χ0) is 21.8. The zero-order valence-corrected chi connectivity index (χ0v) is 18.0. The molecule has 160 valence electrons. The number of hydrogen-bond acceptors (Lipinski definition) is 6. The first kappa shape index (κ1) is 20.0. The maximum absolute atomic E-state index is 13.3. The fourth-order valence-electron chi connectivity index (χ4n) is 5.09. The van der Waals surface area contributed by atoms with E-state index >= 15 is 0 Å². The lowest BCUT2D eigenvalue weighted by Crippen LogP contribution is -2.61. The van der Waals surface area contributed by atoms with Crippen LogP contribution in [0, 0.1) is 26.7 Å². The molecular weight excluding hydrogens is 392 g/mol. The lowest BCUT2D eigenvalue weighted by atomic mass is 9.77. The number of ketones is 1. The van der Waals surface area contributed by atoms with Gasteiger partial charge in [-0.25, -0.2) is 0 Å². The summed E-state index contributed by atoms with van der Waals surface area (Å²) in [6.45, 7) is 7.55. The Morgan fingerprint density at radius 1 is 1.16 bits per heavy atom. The molecular formula is C25H26N2O4. The molecule has 6 heteroatoms. The molecule has 0 bridgehead atoms. The number of fused-ring (bicyclic) bond motifs is 3. The summed E-state index contributed by atoms with van der Waals surface area (Å²) in [7, 11) is 0. The Bertz CT molecular complexity index is 1080. The second-order valence-electron chi connectivity index (χ2n) is 8.64. The van der Waals surface area contributed by atoms with Gasteiger partial charge in [0.25, 0.3) is 0 Å². The molecule has 0 aromatic heterocycles. The molecule has 1 N–H and O–H groups in total. The van der Waals surface area contributed by atoms with Crippen LogP contribution in [0.5, 0.6) is 0 Å². The number of aliphatic hydroxyl groups is 1. The smallest absolute Gasteiger partial charge is 0.250 e. The van der Waals surface area contributed by atoms with Crippen molar-refractivity contribution in [2.45, 2.75) is 39.2 Å². The standard InChI is InChI=1S/C25H26N2O4/c1-15-11-16(2)21(17(3)12-15)23-22-19(28)13-20-25(29,24(22)31-26-23)30-10-9-27(20)14-18-7-5-4-6-8-18/h4-8,11-13,22,24,29H,9-10,14H2,1-3H3/t22-,24-,25+/m1/s1. The number of carbonyl (C=O) groups excluding carboxylic acids is 1. The summed E-state index contributed by atoms with van der Waals surface area (Å²) in [5.74, 6) is -2.54. The molecule has 0 spiro atoms. The minimum Gasteiger partial charge on any atom is -0.385 e. The normalized spacial score (nSPS) is 27.2. The topological polar surface area (TPSA) is 71.4 Å². The Labute approximate surface area is 181 Å². The number of ether oxygens (including phenoxy) is 1. The SMILES string of the molecule is Cc1cc(C)c(C2=NO[C@@H]3[C@@H]2C(=O)C=C2N(Cc4ccccc4)CCO[C@@]23O)c(C)c1. The molecule has 2 aliphatic heterocycles. The molecule has 0 saturated carbocycles. The van der Waals surface area contributed by atoms with Crippen molar-refractivity contribution in [3.63, 3.8) is 0 Å². The van der Waals surface area contributed by atoms with Gasteiger partial charge in [-0.15, -0.1) is 0 Å². The van der Waals surface area contributed by atoms with Crippen LogP contribution in [-0.4, -0.2) is 46.5 Å². The van der Waals surface area contributed by atoms with E-state index in [1.807, 2.05) is 56.0 Å². The molecule has 1 saturated heterocycles. The van der Waals surface area contributed by atoms with Gasteiger partial charge in [-0.1, -0.05) is 53.2 Å². The summed E-state index contributed by atoms with van der Waals surface area (Å²) in [6.07, 6.45) is 0.612. The van der Waals surface area contributed by atoms with Gasteiger partial charge in [0.1, 0.15) is 11.6 Å². The van der Waals surface area contributed by atoms with Crippen LogP contribution in [0.2, 0.25) is 0 Å². The highest BCUT2D eigenvalue weighted by Gasteiger charge is 2.60. The number of oxime groups is 1. The summed E-state index contributed by atoms with van der Waals surface area (Å²) < 4.78 is 5.86. The summed E-state index contributed by atoms with van der Waals surface area (Å²) >= 11 is 0. The van der Waals surface area contributed by atoms with Gasteiger partial charge < -0.3 is 19.6 Å². The number of aryl methyl sites for hydroxylation is 3. The fraction of sp³-hybridized carbons (Fsp3) is 0.360. The van der Waals surface area contributed by atoms with Crippen LogP contribution >= 0.6 is 0 Å². The van der Waals surface area contributed by atoms with Crippen LogP contribution in [-0.2, 0) is 20.9 Å². The fourth-order valence-corrected chi connectivity index (χ4v) is 5.09. The van der Waals surface area contributed by atoms with Gasteiger partial charge in [-0.2, -0.15) is 0 Å².